The maximum atomic E-state index is 12.7. The van der Waals surface area contributed by atoms with Crippen LogP contribution in [0.4, 0.5) is 0 Å². The Morgan fingerprint density at radius 1 is 1.18 bits per heavy atom. The average molecular weight is 458 g/mol. The Morgan fingerprint density at radius 2 is 1.91 bits per heavy atom. The van der Waals surface area contributed by atoms with Crippen molar-refractivity contribution in [3.8, 4) is 0 Å². The van der Waals surface area contributed by atoms with Crippen LogP contribution in [0.5, 0.6) is 0 Å². The molecule has 180 valence electrons. The van der Waals surface area contributed by atoms with Gasteiger partial charge in [0.15, 0.2) is 0 Å². The summed E-state index contributed by atoms with van der Waals surface area (Å²) in [6.07, 6.45) is 1.27. The molecule has 6 aliphatic carbocycles. The van der Waals surface area contributed by atoms with Gasteiger partial charge >= 0.3 is 11.9 Å². The lowest BCUT2D eigenvalue weighted by atomic mass is 9.39. The Morgan fingerprint density at radius 3 is 2.58 bits per heavy atom. The number of rotatable bonds is 3. The minimum Gasteiger partial charge on any atom is -0.462 e. The highest BCUT2D eigenvalue weighted by Gasteiger charge is 2.95. The molecule has 9 aliphatic rings. The molecular weight excluding hydrogens is 422 g/mol. The molecule has 7 heteroatoms. The van der Waals surface area contributed by atoms with Crippen LogP contribution >= 0.6 is 0 Å². The van der Waals surface area contributed by atoms with Gasteiger partial charge in [-0.15, -0.1) is 0 Å². The molecular formula is C26H35NO6. The van der Waals surface area contributed by atoms with Crippen LogP contribution in [-0.4, -0.2) is 69.6 Å². The molecule has 0 aromatic rings. The largest absolute Gasteiger partial charge is 0.462 e. The van der Waals surface area contributed by atoms with Crippen LogP contribution in [0.3, 0.4) is 0 Å². The molecule has 2 spiro atoms. The summed E-state index contributed by atoms with van der Waals surface area (Å²) in [5, 5.41) is 24.6. The van der Waals surface area contributed by atoms with Gasteiger partial charge in [-0.3, -0.25) is 14.5 Å². The molecule has 3 heterocycles. The Hall–Kier alpha value is -1.44. The number of carbonyl (C=O) groups excluding carboxylic acids is 2. The second kappa shape index (κ2) is 5.68. The second-order valence-corrected chi connectivity index (χ2v) is 13.1. The van der Waals surface area contributed by atoms with E-state index in [0.717, 1.165) is 25.0 Å². The SMILES string of the molecule is C=C1C[C@@]23C[C@H]4[C@@H]5[C@@]6(C)C[C@H](OC(=O)C(C)C)C[C@@]57[C@@H]2[C@H](O)[C@@H]1[C@@H](OC(C)=O)[C@]3(O)[C@H]7N4C6. The van der Waals surface area contributed by atoms with E-state index in [1.165, 1.54) is 6.92 Å². The van der Waals surface area contributed by atoms with Crippen molar-refractivity contribution in [3.63, 3.8) is 0 Å². The molecule has 2 N–H and O–H groups in total. The molecule has 9 bridgehead atoms. The van der Waals surface area contributed by atoms with Crippen LogP contribution in [0.1, 0.15) is 53.4 Å². The molecule has 9 rings (SSSR count). The summed E-state index contributed by atoms with van der Waals surface area (Å²) < 4.78 is 11.9. The number of ether oxygens (including phenoxy) is 2. The number of fused-ring (bicyclic) bond motifs is 1. The number of nitrogens with zero attached hydrogens (tertiary/aromatic N) is 1. The first-order valence-electron chi connectivity index (χ1n) is 12.6. The van der Waals surface area contributed by atoms with Crippen molar-refractivity contribution >= 4 is 11.9 Å². The van der Waals surface area contributed by atoms with Crippen LogP contribution in [0.2, 0.25) is 0 Å². The first-order valence-corrected chi connectivity index (χ1v) is 12.6. The molecule has 0 amide bonds. The number of aliphatic hydroxyl groups excluding tert-OH is 1. The lowest BCUT2D eigenvalue weighted by Crippen LogP contribution is -2.77. The van der Waals surface area contributed by atoms with Crippen molar-refractivity contribution in [1.29, 1.82) is 0 Å². The van der Waals surface area contributed by atoms with Crippen LogP contribution in [0.25, 0.3) is 0 Å². The van der Waals surface area contributed by atoms with Gasteiger partial charge < -0.3 is 19.7 Å². The molecule has 0 aromatic carbocycles. The van der Waals surface area contributed by atoms with E-state index in [0.29, 0.717) is 24.8 Å². The van der Waals surface area contributed by atoms with Crippen LogP contribution in [0.15, 0.2) is 12.2 Å². The molecule has 9 fully saturated rings. The van der Waals surface area contributed by atoms with Gasteiger partial charge in [0, 0.05) is 48.2 Å². The van der Waals surface area contributed by atoms with Crippen molar-refractivity contribution < 1.29 is 29.3 Å². The van der Waals surface area contributed by atoms with Gasteiger partial charge in [0.2, 0.25) is 0 Å². The molecule has 1 unspecified atom stereocenters. The first-order chi connectivity index (χ1) is 15.4. The number of hydrogen-bond donors (Lipinski definition) is 2. The predicted octanol–water partition coefficient (Wildman–Crippen LogP) is 1.66. The third kappa shape index (κ3) is 1.90. The maximum absolute atomic E-state index is 12.7. The summed E-state index contributed by atoms with van der Waals surface area (Å²) in [5.41, 5.74) is -1.24. The number of piperidine rings is 2. The molecule has 6 saturated carbocycles. The molecule has 0 aromatic heterocycles. The molecule has 13 atom stereocenters. The molecule has 33 heavy (non-hydrogen) atoms. The van der Waals surface area contributed by atoms with E-state index in [1.807, 2.05) is 13.8 Å². The number of esters is 2. The third-order valence-corrected chi connectivity index (χ3v) is 11.3. The zero-order chi connectivity index (χ0) is 23.5. The molecule has 7 nitrogen and oxygen atoms in total. The minimum absolute atomic E-state index is 0.0241. The first kappa shape index (κ1) is 20.9. The van der Waals surface area contributed by atoms with Crippen molar-refractivity contribution in [2.75, 3.05) is 6.54 Å². The van der Waals surface area contributed by atoms with E-state index in [1.54, 1.807) is 0 Å². The Kier molecular flexibility index (Phi) is 3.60. The fraction of sp³-hybridized carbons (Fsp3) is 0.846. The van der Waals surface area contributed by atoms with E-state index in [2.05, 4.69) is 18.4 Å². The Balaban J connectivity index is 1.41. The monoisotopic (exact) mass is 457 g/mol. The highest BCUT2D eigenvalue weighted by Crippen LogP contribution is 2.88. The zero-order valence-electron chi connectivity index (χ0n) is 19.9. The van der Waals surface area contributed by atoms with Gasteiger partial charge in [0.05, 0.1) is 12.0 Å². The summed E-state index contributed by atoms with van der Waals surface area (Å²) in [7, 11) is 0. The normalized spacial score (nSPS) is 60.6. The predicted molar refractivity (Wildman–Crippen MR) is 117 cm³/mol. The summed E-state index contributed by atoms with van der Waals surface area (Å²) in [5.74, 6) is -1.01. The second-order valence-electron chi connectivity index (χ2n) is 13.1. The van der Waals surface area contributed by atoms with Crippen LogP contribution < -0.4 is 0 Å². The van der Waals surface area contributed by atoms with E-state index in [-0.39, 0.29) is 40.8 Å². The Labute approximate surface area is 194 Å². The lowest BCUT2D eigenvalue weighted by Gasteiger charge is -2.68. The van der Waals surface area contributed by atoms with Gasteiger partial charge in [0.25, 0.3) is 0 Å². The molecule has 0 radical (unpaired) electrons. The fourth-order valence-corrected chi connectivity index (χ4v) is 11.3. The highest BCUT2D eigenvalue weighted by atomic mass is 16.6. The van der Waals surface area contributed by atoms with Crippen LogP contribution in [-0.2, 0) is 19.1 Å². The summed E-state index contributed by atoms with van der Waals surface area (Å²) >= 11 is 0. The van der Waals surface area contributed by atoms with Gasteiger partial charge in [0.1, 0.15) is 17.8 Å². The summed E-state index contributed by atoms with van der Waals surface area (Å²) in [6.45, 7) is 12.5. The maximum Gasteiger partial charge on any atom is 0.308 e. The van der Waals surface area contributed by atoms with E-state index >= 15 is 0 Å². The van der Waals surface area contributed by atoms with E-state index < -0.39 is 35.1 Å². The molecule has 3 aliphatic heterocycles. The fourth-order valence-electron chi connectivity index (χ4n) is 11.3. The van der Waals surface area contributed by atoms with E-state index in [9.17, 15) is 19.8 Å². The highest BCUT2D eigenvalue weighted by molar-refractivity contribution is 5.71. The zero-order valence-corrected chi connectivity index (χ0v) is 19.9. The number of carbonyl (C=O) groups is 2. The van der Waals surface area contributed by atoms with Crippen LogP contribution in [0, 0.1) is 39.9 Å². The smallest absolute Gasteiger partial charge is 0.308 e. The summed E-state index contributed by atoms with van der Waals surface area (Å²) in [6, 6.07) is 0.162. The van der Waals surface area contributed by atoms with Crippen molar-refractivity contribution in [2.45, 2.75) is 89.4 Å². The third-order valence-electron chi connectivity index (χ3n) is 11.3. The average Bonchev–Trinajstić information content (AvgIpc) is 3.10. The number of aliphatic hydroxyl groups is 2. The Bertz CT molecular complexity index is 1010. The standard InChI is InChI=1S/C26H35NO6/c1-11(2)21(30)33-14-7-23(5)10-27-15-9-24-6-12(3)16-17(29)19(24)25(8-14,18(15)23)22(27)26(24,31)20(16)32-13(4)28/h11,14-20,22,29,31H,3,6-10H2,1-2,4-5H3/t14-,15-,16+,17+,18+,19+,20+,22-,23-,24+,25-,26-/m0/s1. The van der Waals surface area contributed by atoms with Crippen molar-refractivity contribution in [3.05, 3.63) is 12.2 Å². The molecule has 3 saturated heterocycles. The quantitative estimate of drug-likeness (QED) is 0.491. The topological polar surface area (TPSA) is 96.3 Å². The van der Waals surface area contributed by atoms with Crippen molar-refractivity contribution in [1.82, 2.24) is 4.90 Å². The number of hydrogen-bond acceptors (Lipinski definition) is 7. The van der Waals surface area contributed by atoms with Gasteiger partial charge in [-0.2, -0.15) is 0 Å². The minimum atomic E-state index is -1.22. The van der Waals surface area contributed by atoms with Crippen molar-refractivity contribution in [2.24, 2.45) is 39.9 Å². The summed E-state index contributed by atoms with van der Waals surface area (Å²) in [4.78, 5) is 27.3. The van der Waals surface area contributed by atoms with Gasteiger partial charge in [-0.25, -0.2) is 0 Å². The lowest BCUT2D eigenvalue weighted by molar-refractivity contribution is -0.284. The van der Waals surface area contributed by atoms with Gasteiger partial charge in [-0.1, -0.05) is 32.9 Å². The van der Waals surface area contributed by atoms with E-state index in [4.69, 9.17) is 9.47 Å². The van der Waals surface area contributed by atoms with Gasteiger partial charge in [-0.05, 0) is 37.0 Å².